The van der Waals surface area contributed by atoms with Crippen LogP contribution in [-0.2, 0) is 24.1 Å². The molecule has 1 aliphatic carbocycles. The molecule has 1 aromatic heterocycles. The number of nitrogens with two attached hydrogens (primary N) is 1. The van der Waals surface area contributed by atoms with E-state index < -0.39 is 5.91 Å². The minimum Gasteiger partial charge on any atom is -0.493 e. The molecule has 0 saturated carbocycles. The van der Waals surface area contributed by atoms with E-state index in [4.69, 9.17) is 15.2 Å². The van der Waals surface area contributed by atoms with Gasteiger partial charge >= 0.3 is 0 Å². The summed E-state index contributed by atoms with van der Waals surface area (Å²) in [6.07, 6.45) is 3.58. The number of anilines is 1. The first-order valence-corrected chi connectivity index (χ1v) is 12.6. The fourth-order valence-electron chi connectivity index (χ4n) is 5.30. The molecule has 35 heavy (non-hydrogen) atoms. The molecule has 0 spiro atoms. The van der Waals surface area contributed by atoms with Crippen molar-refractivity contribution in [3.05, 3.63) is 75.2 Å². The number of hydrogen-bond donors (Lipinski definition) is 2. The zero-order valence-electron chi connectivity index (χ0n) is 19.9. The standard InChI is InChI=1S/C27H29N3O4S/c1-33-20-13-17-11-12-30(25(16-7-4-3-5-8-16)19(17)14-21(20)34-2)15-23(31)29-27-24(26(28)32)18-9-6-10-22(18)35-27/h3-5,7-8,13-14,25H,6,9-12,15H2,1-2H3,(H2,28,32)(H,29,31)/t25-/m1/s1. The Balaban J connectivity index is 1.45. The maximum Gasteiger partial charge on any atom is 0.251 e. The largest absolute Gasteiger partial charge is 0.493 e. The van der Waals surface area contributed by atoms with Crippen LogP contribution in [0.5, 0.6) is 11.5 Å². The van der Waals surface area contributed by atoms with Gasteiger partial charge in [-0.3, -0.25) is 14.5 Å². The fraction of sp³-hybridized carbons (Fsp3) is 0.333. The Kier molecular flexibility index (Phi) is 6.49. The van der Waals surface area contributed by atoms with Crippen molar-refractivity contribution in [3.8, 4) is 11.5 Å². The van der Waals surface area contributed by atoms with Gasteiger partial charge in [0.2, 0.25) is 5.91 Å². The summed E-state index contributed by atoms with van der Waals surface area (Å²) in [4.78, 5) is 28.7. The number of amides is 2. The topological polar surface area (TPSA) is 93.9 Å². The molecule has 2 aromatic carbocycles. The number of thiophene rings is 1. The maximum atomic E-state index is 13.3. The molecule has 3 N–H and O–H groups in total. The van der Waals surface area contributed by atoms with Gasteiger partial charge in [0.05, 0.1) is 32.4 Å². The van der Waals surface area contributed by atoms with Gasteiger partial charge < -0.3 is 20.5 Å². The van der Waals surface area contributed by atoms with Crippen LogP contribution in [0.3, 0.4) is 0 Å². The van der Waals surface area contributed by atoms with Crippen LogP contribution in [0, 0.1) is 0 Å². The van der Waals surface area contributed by atoms with Crippen LogP contribution in [0.25, 0.3) is 0 Å². The second kappa shape index (κ2) is 9.71. The molecule has 2 heterocycles. The summed E-state index contributed by atoms with van der Waals surface area (Å²) in [6, 6.07) is 14.1. The number of methoxy groups -OCH3 is 2. The highest BCUT2D eigenvalue weighted by atomic mass is 32.1. The van der Waals surface area contributed by atoms with Crippen molar-refractivity contribution in [1.29, 1.82) is 0 Å². The summed E-state index contributed by atoms with van der Waals surface area (Å²) >= 11 is 1.48. The van der Waals surface area contributed by atoms with Crippen LogP contribution >= 0.6 is 11.3 Å². The Morgan fingerprint density at radius 2 is 1.83 bits per heavy atom. The lowest BCUT2D eigenvalue weighted by atomic mass is 9.87. The van der Waals surface area contributed by atoms with Crippen LogP contribution in [0.4, 0.5) is 5.00 Å². The molecule has 7 nitrogen and oxygen atoms in total. The first kappa shape index (κ1) is 23.4. The van der Waals surface area contributed by atoms with Crippen molar-refractivity contribution in [3.63, 3.8) is 0 Å². The lowest BCUT2D eigenvalue weighted by Gasteiger charge is -2.37. The lowest BCUT2D eigenvalue weighted by Crippen LogP contribution is -2.41. The Labute approximate surface area is 208 Å². The van der Waals surface area contributed by atoms with E-state index >= 15 is 0 Å². The normalized spacial score (nSPS) is 16.9. The van der Waals surface area contributed by atoms with E-state index in [2.05, 4.69) is 22.3 Å². The number of fused-ring (bicyclic) bond motifs is 2. The molecule has 0 unspecified atom stereocenters. The van der Waals surface area contributed by atoms with Gasteiger partial charge in [-0.25, -0.2) is 0 Å². The summed E-state index contributed by atoms with van der Waals surface area (Å²) in [5, 5.41) is 3.57. The van der Waals surface area contributed by atoms with E-state index in [0.717, 1.165) is 47.3 Å². The summed E-state index contributed by atoms with van der Waals surface area (Å²) in [7, 11) is 3.27. The molecule has 0 saturated heterocycles. The SMILES string of the molecule is COc1cc2c(cc1OC)[C@@H](c1ccccc1)N(CC(=O)Nc1sc3c(c1C(N)=O)CCC3)CC2. The van der Waals surface area contributed by atoms with E-state index in [1.807, 2.05) is 30.3 Å². The molecule has 0 fully saturated rings. The predicted octanol–water partition coefficient (Wildman–Crippen LogP) is 3.94. The Hall–Kier alpha value is -3.36. The number of ether oxygens (including phenoxy) is 2. The molecule has 1 aliphatic heterocycles. The fourth-order valence-corrected chi connectivity index (χ4v) is 6.61. The lowest BCUT2D eigenvalue weighted by molar-refractivity contribution is -0.117. The molecular weight excluding hydrogens is 462 g/mol. The summed E-state index contributed by atoms with van der Waals surface area (Å²) in [5.41, 5.74) is 10.5. The molecule has 5 rings (SSSR count). The predicted molar refractivity (Wildman–Crippen MR) is 137 cm³/mol. The average molecular weight is 492 g/mol. The number of hydrogen-bond acceptors (Lipinski definition) is 6. The van der Waals surface area contributed by atoms with Gasteiger partial charge in [-0.2, -0.15) is 0 Å². The van der Waals surface area contributed by atoms with Crippen molar-refractivity contribution >= 4 is 28.2 Å². The minimum absolute atomic E-state index is 0.116. The van der Waals surface area contributed by atoms with Crippen molar-refractivity contribution < 1.29 is 19.1 Å². The number of primary amides is 1. The van der Waals surface area contributed by atoms with Gasteiger partial charge in [0.15, 0.2) is 11.5 Å². The monoisotopic (exact) mass is 491 g/mol. The summed E-state index contributed by atoms with van der Waals surface area (Å²) in [6.45, 7) is 0.896. The number of nitrogens with zero attached hydrogens (tertiary/aromatic N) is 1. The molecule has 182 valence electrons. The van der Waals surface area contributed by atoms with E-state index in [-0.39, 0.29) is 18.5 Å². The van der Waals surface area contributed by atoms with Gasteiger partial charge in [0.25, 0.3) is 5.91 Å². The van der Waals surface area contributed by atoms with Crippen LogP contribution in [0.15, 0.2) is 42.5 Å². The highest BCUT2D eigenvalue weighted by Crippen LogP contribution is 2.42. The maximum absolute atomic E-state index is 13.3. The van der Waals surface area contributed by atoms with Crippen molar-refractivity contribution in [2.45, 2.75) is 31.7 Å². The van der Waals surface area contributed by atoms with Crippen LogP contribution in [0.1, 0.15) is 50.0 Å². The third-order valence-corrected chi connectivity index (χ3v) is 8.06. The zero-order valence-corrected chi connectivity index (χ0v) is 20.7. The highest BCUT2D eigenvalue weighted by Gasteiger charge is 2.32. The van der Waals surface area contributed by atoms with E-state index in [0.29, 0.717) is 28.6 Å². The third-order valence-electron chi connectivity index (χ3n) is 6.86. The summed E-state index contributed by atoms with van der Waals surface area (Å²) < 4.78 is 11.1. The van der Waals surface area contributed by atoms with Gasteiger partial charge in [0, 0.05) is 11.4 Å². The molecule has 2 aliphatic rings. The van der Waals surface area contributed by atoms with Crippen LogP contribution in [0.2, 0.25) is 0 Å². The quantitative estimate of drug-likeness (QED) is 0.522. The van der Waals surface area contributed by atoms with Gasteiger partial charge in [-0.15, -0.1) is 11.3 Å². The first-order valence-electron chi connectivity index (χ1n) is 11.8. The van der Waals surface area contributed by atoms with Gasteiger partial charge in [0.1, 0.15) is 5.00 Å². The smallest absolute Gasteiger partial charge is 0.251 e. The Bertz CT molecular complexity index is 1270. The molecule has 2 amide bonds. The van der Waals surface area contributed by atoms with E-state index in [1.54, 1.807) is 14.2 Å². The second-order valence-electron chi connectivity index (χ2n) is 8.91. The number of nitrogens with one attached hydrogen (secondary N) is 1. The molecule has 8 heteroatoms. The molecule has 3 aromatic rings. The van der Waals surface area contributed by atoms with Crippen LogP contribution < -0.4 is 20.5 Å². The summed E-state index contributed by atoms with van der Waals surface area (Å²) in [5.74, 6) is 0.735. The van der Waals surface area contributed by atoms with Crippen molar-refractivity contribution in [2.24, 2.45) is 5.73 Å². The van der Waals surface area contributed by atoms with Gasteiger partial charge in [-0.05, 0) is 60.1 Å². The van der Waals surface area contributed by atoms with Crippen LogP contribution in [-0.4, -0.2) is 44.0 Å². The van der Waals surface area contributed by atoms with Crippen molar-refractivity contribution in [1.82, 2.24) is 4.90 Å². The minimum atomic E-state index is -0.477. The highest BCUT2D eigenvalue weighted by molar-refractivity contribution is 7.17. The number of rotatable bonds is 7. The number of carbonyl (C=O) groups excluding carboxylic acids is 2. The molecule has 0 bridgehead atoms. The average Bonchev–Trinajstić information content (AvgIpc) is 3.44. The number of aryl methyl sites for hydroxylation is 1. The Morgan fingerprint density at radius 1 is 1.09 bits per heavy atom. The van der Waals surface area contributed by atoms with E-state index in [9.17, 15) is 9.59 Å². The first-order chi connectivity index (χ1) is 17.0. The molecular formula is C27H29N3O4S. The zero-order chi connectivity index (χ0) is 24.5. The molecule has 0 radical (unpaired) electrons. The Morgan fingerprint density at radius 3 is 2.54 bits per heavy atom. The molecule has 1 atom stereocenters. The number of benzene rings is 2. The third kappa shape index (κ3) is 4.39. The second-order valence-corrected chi connectivity index (χ2v) is 10.0. The van der Waals surface area contributed by atoms with E-state index in [1.165, 1.54) is 16.9 Å². The number of carbonyl (C=O) groups is 2. The van der Waals surface area contributed by atoms with Gasteiger partial charge in [-0.1, -0.05) is 30.3 Å². The van der Waals surface area contributed by atoms with Crippen molar-refractivity contribution in [2.75, 3.05) is 32.6 Å².